The monoisotopic (exact) mass is 263 g/mol. The number of esters is 1. The van der Waals surface area contributed by atoms with Gasteiger partial charge < -0.3 is 14.8 Å². The van der Waals surface area contributed by atoms with Crippen molar-refractivity contribution in [3.63, 3.8) is 0 Å². The van der Waals surface area contributed by atoms with Gasteiger partial charge in [-0.1, -0.05) is 0 Å². The molecule has 1 heterocycles. The van der Waals surface area contributed by atoms with Gasteiger partial charge in [0.05, 0.1) is 0 Å². The van der Waals surface area contributed by atoms with Gasteiger partial charge in [-0.2, -0.15) is 0 Å². The maximum Gasteiger partial charge on any atom is 0.308 e. The SMILES string of the molecule is CC(=O)Oc1ccc(C(=O)NC2CCOCC2)cc1. The third-order valence-electron chi connectivity index (χ3n) is 2.93. The Labute approximate surface area is 111 Å². The number of amides is 1. The standard InChI is InChI=1S/C14H17NO4/c1-10(16)19-13-4-2-11(3-5-13)14(17)15-12-6-8-18-9-7-12/h2-5,12H,6-9H2,1H3,(H,15,17). The fourth-order valence-electron chi connectivity index (χ4n) is 1.95. The maximum atomic E-state index is 12.0. The Kier molecular flexibility index (Phi) is 4.52. The van der Waals surface area contributed by atoms with Gasteiger partial charge in [-0.25, -0.2) is 0 Å². The van der Waals surface area contributed by atoms with E-state index in [9.17, 15) is 9.59 Å². The molecule has 1 fully saturated rings. The molecule has 19 heavy (non-hydrogen) atoms. The van der Waals surface area contributed by atoms with Crippen LogP contribution in [0.25, 0.3) is 0 Å². The molecule has 0 saturated carbocycles. The van der Waals surface area contributed by atoms with Crippen LogP contribution >= 0.6 is 0 Å². The number of rotatable bonds is 3. The van der Waals surface area contributed by atoms with E-state index in [2.05, 4.69) is 5.32 Å². The van der Waals surface area contributed by atoms with E-state index >= 15 is 0 Å². The molecule has 1 amide bonds. The highest BCUT2D eigenvalue weighted by Gasteiger charge is 2.16. The van der Waals surface area contributed by atoms with Crippen molar-refractivity contribution < 1.29 is 19.1 Å². The number of hydrogen-bond acceptors (Lipinski definition) is 4. The fourth-order valence-corrected chi connectivity index (χ4v) is 1.95. The zero-order valence-electron chi connectivity index (χ0n) is 10.8. The van der Waals surface area contributed by atoms with Crippen molar-refractivity contribution in [1.29, 1.82) is 0 Å². The van der Waals surface area contributed by atoms with Gasteiger partial charge in [0.1, 0.15) is 5.75 Å². The Morgan fingerprint density at radius 1 is 1.21 bits per heavy atom. The van der Waals surface area contributed by atoms with Gasteiger partial charge in [0.2, 0.25) is 0 Å². The molecule has 2 rings (SSSR count). The predicted octanol–water partition coefficient (Wildman–Crippen LogP) is 1.52. The van der Waals surface area contributed by atoms with Gasteiger partial charge in [0.15, 0.2) is 0 Å². The number of carbonyl (C=O) groups excluding carboxylic acids is 2. The zero-order valence-corrected chi connectivity index (χ0v) is 10.8. The molecule has 1 aliphatic rings. The summed E-state index contributed by atoms with van der Waals surface area (Å²) in [6.45, 7) is 2.72. The highest BCUT2D eigenvalue weighted by molar-refractivity contribution is 5.94. The Balaban J connectivity index is 1.93. The van der Waals surface area contributed by atoms with E-state index in [1.54, 1.807) is 24.3 Å². The van der Waals surface area contributed by atoms with Crippen LogP contribution in [0.5, 0.6) is 5.75 Å². The number of benzene rings is 1. The summed E-state index contributed by atoms with van der Waals surface area (Å²) >= 11 is 0. The Hall–Kier alpha value is -1.88. The van der Waals surface area contributed by atoms with Crippen LogP contribution in [0.3, 0.4) is 0 Å². The highest BCUT2D eigenvalue weighted by atomic mass is 16.5. The number of hydrogen-bond donors (Lipinski definition) is 1. The Morgan fingerprint density at radius 2 is 1.84 bits per heavy atom. The molecule has 0 spiro atoms. The number of nitrogens with one attached hydrogen (secondary N) is 1. The molecule has 0 aliphatic carbocycles. The van der Waals surface area contributed by atoms with Crippen LogP contribution < -0.4 is 10.1 Å². The first-order valence-corrected chi connectivity index (χ1v) is 6.32. The van der Waals surface area contributed by atoms with E-state index in [0.717, 1.165) is 12.8 Å². The van der Waals surface area contributed by atoms with Crippen molar-refractivity contribution in [2.75, 3.05) is 13.2 Å². The van der Waals surface area contributed by atoms with Crippen molar-refractivity contribution in [3.05, 3.63) is 29.8 Å². The van der Waals surface area contributed by atoms with Crippen molar-refractivity contribution in [2.24, 2.45) is 0 Å². The minimum absolute atomic E-state index is 0.110. The van der Waals surface area contributed by atoms with Gasteiger partial charge >= 0.3 is 5.97 Å². The summed E-state index contributed by atoms with van der Waals surface area (Å²) in [5, 5.41) is 2.97. The van der Waals surface area contributed by atoms with E-state index in [0.29, 0.717) is 24.5 Å². The lowest BCUT2D eigenvalue weighted by Gasteiger charge is -2.23. The van der Waals surface area contributed by atoms with Crippen LogP contribution in [0.4, 0.5) is 0 Å². The molecule has 0 atom stereocenters. The van der Waals surface area contributed by atoms with Crippen LogP contribution in [0.15, 0.2) is 24.3 Å². The first kappa shape index (κ1) is 13.5. The smallest absolute Gasteiger partial charge is 0.308 e. The molecule has 0 bridgehead atoms. The predicted molar refractivity (Wildman–Crippen MR) is 69.1 cm³/mol. The van der Waals surface area contributed by atoms with E-state index < -0.39 is 0 Å². The number of ether oxygens (including phenoxy) is 2. The Bertz CT molecular complexity index is 449. The second-order valence-electron chi connectivity index (χ2n) is 4.48. The average molecular weight is 263 g/mol. The quantitative estimate of drug-likeness (QED) is 0.663. The molecule has 0 unspecified atom stereocenters. The largest absolute Gasteiger partial charge is 0.427 e. The van der Waals surface area contributed by atoms with E-state index in [1.807, 2.05) is 0 Å². The lowest BCUT2D eigenvalue weighted by atomic mass is 10.1. The lowest BCUT2D eigenvalue weighted by Crippen LogP contribution is -2.38. The maximum absolute atomic E-state index is 12.0. The first-order chi connectivity index (χ1) is 9.15. The van der Waals surface area contributed by atoms with Crippen LogP contribution in [0.1, 0.15) is 30.1 Å². The van der Waals surface area contributed by atoms with Crippen molar-refractivity contribution in [2.45, 2.75) is 25.8 Å². The zero-order chi connectivity index (χ0) is 13.7. The van der Waals surface area contributed by atoms with E-state index in [1.165, 1.54) is 6.92 Å². The highest BCUT2D eigenvalue weighted by Crippen LogP contribution is 2.13. The molecule has 0 radical (unpaired) electrons. The van der Waals surface area contributed by atoms with E-state index in [-0.39, 0.29) is 17.9 Å². The summed E-state index contributed by atoms with van der Waals surface area (Å²) in [4.78, 5) is 22.8. The van der Waals surface area contributed by atoms with Gasteiger partial charge in [-0.05, 0) is 37.1 Å². The van der Waals surface area contributed by atoms with Crippen molar-refractivity contribution in [3.8, 4) is 5.75 Å². The molecule has 102 valence electrons. The molecule has 1 aromatic rings. The second kappa shape index (κ2) is 6.33. The van der Waals surface area contributed by atoms with Crippen LogP contribution in [-0.2, 0) is 9.53 Å². The van der Waals surface area contributed by atoms with Gasteiger partial charge in [0, 0.05) is 31.7 Å². The molecule has 1 saturated heterocycles. The molecule has 0 aromatic heterocycles. The summed E-state index contributed by atoms with van der Waals surface area (Å²) < 4.78 is 10.2. The molecular formula is C14H17NO4. The topological polar surface area (TPSA) is 64.6 Å². The summed E-state index contributed by atoms with van der Waals surface area (Å²) in [7, 11) is 0. The summed E-state index contributed by atoms with van der Waals surface area (Å²) in [6.07, 6.45) is 1.69. The van der Waals surface area contributed by atoms with Gasteiger partial charge in [-0.3, -0.25) is 9.59 Å². The summed E-state index contributed by atoms with van der Waals surface area (Å²) in [6, 6.07) is 6.69. The van der Waals surface area contributed by atoms with Crippen LogP contribution in [0, 0.1) is 0 Å². The second-order valence-corrected chi connectivity index (χ2v) is 4.48. The van der Waals surface area contributed by atoms with Gasteiger partial charge in [0.25, 0.3) is 5.91 Å². The van der Waals surface area contributed by atoms with Crippen LogP contribution in [-0.4, -0.2) is 31.1 Å². The summed E-state index contributed by atoms with van der Waals surface area (Å²) in [5.74, 6) is -0.0456. The third kappa shape index (κ3) is 4.06. The van der Waals surface area contributed by atoms with Crippen LogP contribution in [0.2, 0.25) is 0 Å². The minimum Gasteiger partial charge on any atom is -0.427 e. The molecule has 1 N–H and O–H groups in total. The van der Waals surface area contributed by atoms with Gasteiger partial charge in [-0.15, -0.1) is 0 Å². The Morgan fingerprint density at radius 3 is 2.42 bits per heavy atom. The molecule has 5 heteroatoms. The lowest BCUT2D eigenvalue weighted by molar-refractivity contribution is -0.131. The molecule has 5 nitrogen and oxygen atoms in total. The normalized spacial score (nSPS) is 15.8. The fraction of sp³-hybridized carbons (Fsp3) is 0.429. The third-order valence-corrected chi connectivity index (χ3v) is 2.93. The minimum atomic E-state index is -0.376. The number of carbonyl (C=O) groups is 2. The molecule has 1 aliphatic heterocycles. The van der Waals surface area contributed by atoms with E-state index in [4.69, 9.17) is 9.47 Å². The van der Waals surface area contributed by atoms with Crippen molar-refractivity contribution in [1.82, 2.24) is 5.32 Å². The summed E-state index contributed by atoms with van der Waals surface area (Å²) in [5.41, 5.74) is 0.558. The molecular weight excluding hydrogens is 246 g/mol. The first-order valence-electron chi connectivity index (χ1n) is 6.32. The average Bonchev–Trinajstić information content (AvgIpc) is 2.40. The van der Waals surface area contributed by atoms with Crippen molar-refractivity contribution >= 4 is 11.9 Å². The molecule has 1 aromatic carbocycles.